The maximum atomic E-state index is 11.3. The Kier molecular flexibility index (Phi) is 6.00. The van der Waals surface area contributed by atoms with Crippen LogP contribution in [0.5, 0.6) is 5.75 Å². The van der Waals surface area contributed by atoms with Crippen LogP contribution in [-0.4, -0.2) is 55.9 Å². The van der Waals surface area contributed by atoms with E-state index in [4.69, 9.17) is 9.88 Å². The van der Waals surface area contributed by atoms with Crippen molar-refractivity contribution in [2.75, 3.05) is 7.11 Å². The molecule has 0 spiro atoms. The number of hydrogen-bond donors (Lipinski definition) is 1. The Labute approximate surface area is 163 Å². The molecule has 5 nitrogen and oxygen atoms in total. The van der Waals surface area contributed by atoms with E-state index in [0.717, 1.165) is 20.3 Å². The zero-order chi connectivity index (χ0) is 17.9. The molecule has 2 aromatic carbocycles. The van der Waals surface area contributed by atoms with Crippen LogP contribution in [0, 0.1) is 0 Å². The molecule has 0 aliphatic rings. The van der Waals surface area contributed by atoms with Crippen molar-refractivity contribution >= 4 is 49.1 Å². The van der Waals surface area contributed by atoms with Crippen LogP contribution < -0.4 is 13.5 Å². The molecule has 8 heteroatoms. The van der Waals surface area contributed by atoms with E-state index in [1.54, 1.807) is 19.2 Å². The molecule has 2 N–H and O–H groups in total. The first-order valence-electron chi connectivity index (χ1n) is 7.30. The first-order chi connectivity index (χ1) is 12.0. The van der Waals surface area contributed by atoms with Crippen LogP contribution in [0.2, 0.25) is 0 Å². The number of hydrogen-bond acceptors (Lipinski definition) is 4. The molecule has 0 fully saturated rings. The van der Waals surface area contributed by atoms with Crippen molar-refractivity contribution < 1.29 is 13.2 Å². The summed E-state index contributed by atoms with van der Waals surface area (Å²) in [7, 11) is -1.98. The van der Waals surface area contributed by atoms with Crippen molar-refractivity contribution in [2.24, 2.45) is 5.14 Å². The molecule has 0 saturated carbocycles. The third-order valence-corrected chi connectivity index (χ3v) is 10.9. The van der Waals surface area contributed by atoms with Crippen LogP contribution in [0.3, 0.4) is 0 Å². The van der Waals surface area contributed by atoms with Gasteiger partial charge >= 0.3 is 164 Å². The average Bonchev–Trinajstić information content (AvgIpc) is 3.09. The fourth-order valence-electron chi connectivity index (χ4n) is 2.12. The molecule has 25 heavy (non-hydrogen) atoms. The van der Waals surface area contributed by atoms with Crippen molar-refractivity contribution in [2.45, 2.75) is 9.36 Å². The second kappa shape index (κ2) is 8.05. The number of methoxy groups -OCH3 is 1. The van der Waals surface area contributed by atoms with E-state index >= 15 is 0 Å². The third kappa shape index (κ3) is 4.95. The molecule has 3 rings (SSSR count). The summed E-state index contributed by atoms with van der Waals surface area (Å²) < 4.78 is 32.7. The number of aromatic nitrogens is 1. The molecule has 1 aromatic heterocycles. The Morgan fingerprint density at radius 1 is 1.12 bits per heavy atom. The Morgan fingerprint density at radius 3 is 2.40 bits per heavy atom. The van der Waals surface area contributed by atoms with E-state index in [1.807, 2.05) is 18.3 Å². The average molecular weight is 535 g/mol. The van der Waals surface area contributed by atoms with Crippen LogP contribution in [0.15, 0.2) is 59.6 Å². The summed E-state index contributed by atoms with van der Waals surface area (Å²) in [6, 6.07) is 14.9. The monoisotopic (exact) mass is 538 g/mol. The molecule has 0 atom stereocenters. The fourth-order valence-corrected chi connectivity index (χ4v) is 7.99. The van der Waals surface area contributed by atoms with Gasteiger partial charge in [0, 0.05) is 0 Å². The second-order valence-electron chi connectivity index (χ2n) is 5.17. The van der Waals surface area contributed by atoms with Gasteiger partial charge in [0.15, 0.2) is 0 Å². The normalized spacial score (nSPS) is 11.4. The summed E-state index contributed by atoms with van der Waals surface area (Å²) in [6.07, 6.45) is 1.97. The van der Waals surface area contributed by atoms with E-state index in [-0.39, 0.29) is 40.3 Å². The molecular weight excluding hydrogens is 519 g/mol. The van der Waals surface area contributed by atoms with Crippen LogP contribution >= 0.6 is 0 Å². The standard InChI is InChI=1S/C17H16N2O3SSeTe/c1-22-13-4-8-16(9-5-13)25-11-15-10-19-17(24-15)12-2-6-14(7-3-12)23(18,20)21/h2-10H,11H2,1H3,(H2,18,20,21). The van der Waals surface area contributed by atoms with Gasteiger partial charge in [0.2, 0.25) is 0 Å². The first-order valence-corrected chi connectivity index (χ1v) is 13.4. The van der Waals surface area contributed by atoms with Gasteiger partial charge in [-0.1, -0.05) is 0 Å². The van der Waals surface area contributed by atoms with Crippen molar-refractivity contribution in [3.8, 4) is 15.9 Å². The minimum atomic E-state index is -3.65. The van der Waals surface area contributed by atoms with Gasteiger partial charge in [-0.25, -0.2) is 0 Å². The number of nitrogens with zero attached hydrogens (tertiary/aromatic N) is 1. The summed E-state index contributed by atoms with van der Waals surface area (Å²) in [5.74, 6) is 0.883. The maximum absolute atomic E-state index is 11.3. The van der Waals surface area contributed by atoms with Gasteiger partial charge < -0.3 is 0 Å². The zero-order valence-corrected chi connectivity index (χ0v) is 18.2. The molecule has 0 radical (unpaired) electrons. The SMILES string of the molecule is COc1ccc([Te]Cc2cnc(-c3ccc(S(N)(=O)=O)cc3)[se]2)cc1. The Balaban J connectivity index is 1.67. The van der Waals surface area contributed by atoms with E-state index in [9.17, 15) is 8.42 Å². The van der Waals surface area contributed by atoms with Crippen LogP contribution in [-0.2, 0) is 14.5 Å². The van der Waals surface area contributed by atoms with Crippen LogP contribution in [0.1, 0.15) is 4.44 Å². The molecule has 0 bridgehead atoms. The van der Waals surface area contributed by atoms with Gasteiger partial charge in [0.05, 0.1) is 0 Å². The molecule has 1 heterocycles. The van der Waals surface area contributed by atoms with E-state index in [0.29, 0.717) is 0 Å². The number of primary sulfonamides is 1. The van der Waals surface area contributed by atoms with Crippen molar-refractivity contribution in [3.05, 3.63) is 59.2 Å². The van der Waals surface area contributed by atoms with Crippen LogP contribution in [0.25, 0.3) is 10.1 Å². The molecule has 0 aliphatic heterocycles. The van der Waals surface area contributed by atoms with Gasteiger partial charge in [-0.15, -0.1) is 0 Å². The predicted molar refractivity (Wildman–Crippen MR) is 100 cm³/mol. The summed E-state index contributed by atoms with van der Waals surface area (Å²) in [5, 5.41) is 5.13. The van der Waals surface area contributed by atoms with Gasteiger partial charge in [0.25, 0.3) is 0 Å². The third-order valence-electron chi connectivity index (χ3n) is 3.42. The summed E-state index contributed by atoms with van der Waals surface area (Å²) in [4.78, 5) is 4.65. The number of nitrogens with two attached hydrogens (primary N) is 1. The van der Waals surface area contributed by atoms with Gasteiger partial charge in [0.1, 0.15) is 0 Å². The number of benzene rings is 2. The minimum absolute atomic E-state index is 0.127. The molecule has 0 unspecified atom stereocenters. The molecule has 3 aromatic rings. The van der Waals surface area contributed by atoms with E-state index in [2.05, 4.69) is 17.1 Å². The number of sulfonamides is 1. The molecule has 130 valence electrons. The van der Waals surface area contributed by atoms with Gasteiger partial charge in [-0.3, -0.25) is 0 Å². The van der Waals surface area contributed by atoms with Gasteiger partial charge in [-0.2, -0.15) is 0 Å². The fraction of sp³-hybridized carbons (Fsp3) is 0.118. The molecular formula is C17H16N2O3SSeTe. The number of ether oxygens (including phenoxy) is 1. The summed E-state index contributed by atoms with van der Waals surface area (Å²) in [5.41, 5.74) is 0.962. The summed E-state index contributed by atoms with van der Waals surface area (Å²) in [6.45, 7) is 0. The zero-order valence-electron chi connectivity index (χ0n) is 13.4. The molecule has 0 aliphatic carbocycles. The van der Waals surface area contributed by atoms with Gasteiger partial charge in [-0.05, 0) is 0 Å². The first kappa shape index (κ1) is 18.7. The number of rotatable bonds is 6. The van der Waals surface area contributed by atoms with E-state index in [1.165, 1.54) is 20.2 Å². The predicted octanol–water partition coefficient (Wildman–Crippen LogP) is 0.991. The second-order valence-corrected chi connectivity index (χ2v) is 12.1. The summed E-state index contributed by atoms with van der Waals surface area (Å²) >= 11 is -0.0894. The quantitative estimate of drug-likeness (QED) is 0.478. The Hall–Kier alpha value is -1.13. The van der Waals surface area contributed by atoms with Crippen molar-refractivity contribution in [1.82, 2.24) is 4.98 Å². The molecule has 0 saturated heterocycles. The Morgan fingerprint density at radius 2 is 1.80 bits per heavy atom. The topological polar surface area (TPSA) is 82.3 Å². The van der Waals surface area contributed by atoms with Crippen molar-refractivity contribution in [3.63, 3.8) is 0 Å². The van der Waals surface area contributed by atoms with Crippen molar-refractivity contribution in [1.29, 1.82) is 0 Å². The van der Waals surface area contributed by atoms with E-state index < -0.39 is 10.0 Å². The molecule has 0 amide bonds. The van der Waals surface area contributed by atoms with Crippen LogP contribution in [0.4, 0.5) is 0 Å². The Bertz CT molecular complexity index is 954.